The van der Waals surface area contributed by atoms with Crippen molar-refractivity contribution in [3.8, 4) is 0 Å². The highest BCUT2D eigenvalue weighted by Gasteiger charge is 2.12. The van der Waals surface area contributed by atoms with Crippen LogP contribution in [0.15, 0.2) is 12.4 Å². The van der Waals surface area contributed by atoms with Crippen LogP contribution in [0.4, 0.5) is 4.79 Å². The summed E-state index contributed by atoms with van der Waals surface area (Å²) in [7, 11) is 0. The molecule has 1 amide bonds. The van der Waals surface area contributed by atoms with Gasteiger partial charge in [-0.25, -0.2) is 14.8 Å². The maximum absolute atomic E-state index is 10.0. The van der Waals surface area contributed by atoms with Crippen molar-refractivity contribution >= 4 is 17.7 Å². The Morgan fingerprint density at radius 1 is 1.44 bits per heavy atom. The first-order valence-electron chi connectivity index (χ1n) is 4.63. The number of nitrogens with zero attached hydrogens (tertiary/aromatic N) is 2. The number of halogens is 1. The Hall–Kier alpha value is -1.36. The lowest BCUT2D eigenvalue weighted by Crippen LogP contribution is -2.27. The third kappa shape index (κ3) is 9.21. The molecule has 90 valence electrons. The van der Waals surface area contributed by atoms with Crippen molar-refractivity contribution in [2.45, 2.75) is 33.3 Å². The molecule has 6 heteroatoms. The molecular formula is C10H16ClN3O2. The summed E-state index contributed by atoms with van der Waals surface area (Å²) in [5.41, 5.74) is 5.16. The second-order valence-electron chi connectivity index (χ2n) is 4.02. The molecule has 0 aromatic carbocycles. The standard InChI is InChI=1S/C5H5ClN2.C5H11NO2/c1-4-2-5(6)8-3-7-4;1-5(2,3)8-4(6)7/h2-3H,1H3;1-3H3,(H2,6,7). The van der Waals surface area contributed by atoms with Gasteiger partial charge in [-0.1, -0.05) is 11.6 Å². The summed E-state index contributed by atoms with van der Waals surface area (Å²) in [5.74, 6) is 0. The van der Waals surface area contributed by atoms with Gasteiger partial charge in [0.15, 0.2) is 0 Å². The summed E-state index contributed by atoms with van der Waals surface area (Å²) >= 11 is 5.49. The number of amides is 1. The van der Waals surface area contributed by atoms with Crippen LogP contribution in [0.3, 0.4) is 0 Å². The molecule has 0 fully saturated rings. The first-order valence-corrected chi connectivity index (χ1v) is 5.01. The fourth-order valence-electron chi connectivity index (χ4n) is 0.724. The van der Waals surface area contributed by atoms with Gasteiger partial charge in [0.2, 0.25) is 0 Å². The van der Waals surface area contributed by atoms with E-state index in [0.717, 1.165) is 5.69 Å². The molecule has 0 aliphatic carbocycles. The average molecular weight is 246 g/mol. The molecule has 1 aromatic heterocycles. The topological polar surface area (TPSA) is 78.1 Å². The summed E-state index contributed by atoms with van der Waals surface area (Å²) in [4.78, 5) is 17.6. The zero-order chi connectivity index (χ0) is 12.8. The normalized spacial score (nSPS) is 10.1. The van der Waals surface area contributed by atoms with Crippen molar-refractivity contribution in [1.29, 1.82) is 0 Å². The molecule has 16 heavy (non-hydrogen) atoms. The van der Waals surface area contributed by atoms with E-state index in [2.05, 4.69) is 14.7 Å². The van der Waals surface area contributed by atoms with Gasteiger partial charge in [-0.05, 0) is 33.8 Å². The second-order valence-corrected chi connectivity index (χ2v) is 4.40. The van der Waals surface area contributed by atoms with Gasteiger partial charge in [0.1, 0.15) is 17.1 Å². The van der Waals surface area contributed by atoms with Gasteiger partial charge in [0, 0.05) is 5.69 Å². The number of hydrogen-bond donors (Lipinski definition) is 1. The minimum atomic E-state index is -0.725. The van der Waals surface area contributed by atoms with Crippen molar-refractivity contribution in [3.05, 3.63) is 23.2 Å². The molecule has 0 saturated heterocycles. The number of aryl methyl sites for hydroxylation is 1. The van der Waals surface area contributed by atoms with E-state index in [9.17, 15) is 4.79 Å². The molecular weight excluding hydrogens is 230 g/mol. The van der Waals surface area contributed by atoms with E-state index >= 15 is 0 Å². The second kappa shape index (κ2) is 6.27. The van der Waals surface area contributed by atoms with E-state index < -0.39 is 11.7 Å². The lowest BCUT2D eigenvalue weighted by atomic mass is 10.2. The molecule has 0 aliphatic heterocycles. The highest BCUT2D eigenvalue weighted by molar-refractivity contribution is 6.29. The maximum atomic E-state index is 10.0. The molecule has 0 aliphatic rings. The number of carbonyl (C=O) groups is 1. The minimum Gasteiger partial charge on any atom is -0.444 e. The number of aromatic nitrogens is 2. The molecule has 5 nitrogen and oxygen atoms in total. The van der Waals surface area contributed by atoms with E-state index in [1.807, 2.05) is 6.92 Å². The maximum Gasteiger partial charge on any atom is 0.405 e. The smallest absolute Gasteiger partial charge is 0.405 e. The van der Waals surface area contributed by atoms with Gasteiger partial charge in [-0.15, -0.1) is 0 Å². The molecule has 1 aromatic rings. The summed E-state index contributed by atoms with van der Waals surface area (Å²) in [5, 5.41) is 0.498. The van der Waals surface area contributed by atoms with Gasteiger partial charge in [-0.2, -0.15) is 0 Å². The third-order valence-electron chi connectivity index (χ3n) is 1.18. The summed E-state index contributed by atoms with van der Waals surface area (Å²) in [6, 6.07) is 1.71. The zero-order valence-corrected chi connectivity index (χ0v) is 10.6. The van der Waals surface area contributed by atoms with E-state index in [1.54, 1.807) is 26.8 Å². The molecule has 0 saturated carbocycles. The lowest BCUT2D eigenvalue weighted by molar-refractivity contribution is 0.0600. The first kappa shape index (κ1) is 14.6. The Bertz CT molecular complexity index is 333. The minimum absolute atomic E-state index is 0.453. The van der Waals surface area contributed by atoms with Gasteiger partial charge in [0.05, 0.1) is 0 Å². The van der Waals surface area contributed by atoms with Crippen LogP contribution in [-0.2, 0) is 4.74 Å². The quantitative estimate of drug-likeness (QED) is 0.712. The van der Waals surface area contributed by atoms with Crippen LogP contribution >= 0.6 is 11.6 Å². The average Bonchev–Trinajstić information content (AvgIpc) is 1.98. The van der Waals surface area contributed by atoms with Gasteiger partial charge in [0.25, 0.3) is 0 Å². The number of rotatable bonds is 0. The summed E-state index contributed by atoms with van der Waals surface area (Å²) in [6.45, 7) is 7.15. The van der Waals surface area contributed by atoms with Gasteiger partial charge in [-0.3, -0.25) is 0 Å². The zero-order valence-electron chi connectivity index (χ0n) is 9.82. The fourth-order valence-corrected chi connectivity index (χ4v) is 0.925. The van der Waals surface area contributed by atoms with Crippen molar-refractivity contribution in [1.82, 2.24) is 9.97 Å². The molecule has 2 N–H and O–H groups in total. The van der Waals surface area contributed by atoms with Gasteiger partial charge < -0.3 is 10.5 Å². The van der Waals surface area contributed by atoms with E-state index in [4.69, 9.17) is 17.3 Å². The Morgan fingerprint density at radius 2 is 2.00 bits per heavy atom. The van der Waals surface area contributed by atoms with Crippen molar-refractivity contribution in [2.75, 3.05) is 0 Å². The molecule has 0 unspecified atom stereocenters. The number of nitrogens with two attached hydrogens (primary N) is 1. The van der Waals surface area contributed by atoms with E-state index in [1.165, 1.54) is 6.33 Å². The fraction of sp³-hybridized carbons (Fsp3) is 0.500. The Balaban J connectivity index is 0.000000281. The number of ether oxygens (including phenoxy) is 1. The Kier molecular flexibility index (Phi) is 5.74. The van der Waals surface area contributed by atoms with Crippen molar-refractivity contribution in [2.24, 2.45) is 5.73 Å². The number of carbonyl (C=O) groups excluding carboxylic acids is 1. The van der Waals surface area contributed by atoms with Crippen molar-refractivity contribution < 1.29 is 9.53 Å². The van der Waals surface area contributed by atoms with Crippen LogP contribution in [0.5, 0.6) is 0 Å². The van der Waals surface area contributed by atoms with Crippen LogP contribution in [0, 0.1) is 6.92 Å². The van der Waals surface area contributed by atoms with Crippen molar-refractivity contribution in [3.63, 3.8) is 0 Å². The predicted octanol–water partition coefficient (Wildman–Crippen LogP) is 2.32. The van der Waals surface area contributed by atoms with E-state index in [0.29, 0.717) is 5.15 Å². The molecule has 1 rings (SSSR count). The Labute approximate surface area is 100.0 Å². The van der Waals surface area contributed by atoms with E-state index in [-0.39, 0.29) is 0 Å². The van der Waals surface area contributed by atoms with Crippen LogP contribution in [-0.4, -0.2) is 21.7 Å². The molecule has 0 atom stereocenters. The SMILES string of the molecule is CC(C)(C)OC(N)=O.Cc1cc(Cl)ncn1. The lowest BCUT2D eigenvalue weighted by Gasteiger charge is -2.16. The van der Waals surface area contributed by atoms with Crippen LogP contribution in [0.2, 0.25) is 5.15 Å². The largest absolute Gasteiger partial charge is 0.444 e. The summed E-state index contributed by atoms with van der Waals surface area (Å²) in [6.07, 6.45) is 0.718. The van der Waals surface area contributed by atoms with Crippen LogP contribution < -0.4 is 5.73 Å². The third-order valence-corrected chi connectivity index (χ3v) is 1.38. The predicted molar refractivity (Wildman–Crippen MR) is 62.2 cm³/mol. The molecule has 0 radical (unpaired) electrons. The highest BCUT2D eigenvalue weighted by atomic mass is 35.5. The Morgan fingerprint density at radius 3 is 2.19 bits per heavy atom. The first-order chi connectivity index (χ1) is 7.20. The molecule has 0 spiro atoms. The van der Waals surface area contributed by atoms with Crippen LogP contribution in [0.25, 0.3) is 0 Å². The molecule has 0 bridgehead atoms. The number of primary amides is 1. The number of hydrogen-bond acceptors (Lipinski definition) is 4. The van der Waals surface area contributed by atoms with Crippen LogP contribution in [0.1, 0.15) is 26.5 Å². The highest BCUT2D eigenvalue weighted by Crippen LogP contribution is 2.04. The summed E-state index contributed by atoms with van der Waals surface area (Å²) < 4.78 is 4.58. The molecule has 1 heterocycles. The van der Waals surface area contributed by atoms with Gasteiger partial charge >= 0.3 is 6.09 Å². The monoisotopic (exact) mass is 245 g/mol.